The highest BCUT2D eigenvalue weighted by atomic mass is 16.6. The number of cyclic esters (lactones) is 1. The minimum Gasteiger partial charge on any atom is -0.505 e. The fourth-order valence-corrected chi connectivity index (χ4v) is 1.71. The lowest BCUT2D eigenvalue weighted by atomic mass is 9.91. The van der Waals surface area contributed by atoms with Gasteiger partial charge in [-0.2, -0.15) is 0 Å². The molecule has 2 atom stereocenters. The van der Waals surface area contributed by atoms with Gasteiger partial charge < -0.3 is 34.6 Å². The fourth-order valence-electron chi connectivity index (χ4n) is 1.71. The Morgan fingerprint density at radius 1 is 1.23 bits per heavy atom. The molecule has 0 radical (unpaired) electrons. The molecule has 0 saturated heterocycles. The van der Waals surface area contributed by atoms with E-state index in [2.05, 4.69) is 14.2 Å². The number of aliphatic hydroxyl groups is 4. The van der Waals surface area contributed by atoms with Gasteiger partial charge in [0.25, 0.3) is 5.60 Å². The first-order chi connectivity index (χ1) is 10.2. The molecule has 0 spiro atoms. The number of carbonyl (C=O) groups excluding carboxylic acids is 3. The highest BCUT2D eigenvalue weighted by Gasteiger charge is 2.60. The first kappa shape index (κ1) is 17.7. The van der Waals surface area contributed by atoms with Crippen LogP contribution < -0.4 is 0 Å². The van der Waals surface area contributed by atoms with E-state index in [1.54, 1.807) is 0 Å². The second-order valence-electron chi connectivity index (χ2n) is 4.21. The van der Waals surface area contributed by atoms with E-state index in [1.165, 1.54) is 13.8 Å². The standard InChI is InChI=1S/C12H16O10/c1-3-20-10(17)12(19,11(18)21-4-2)8(15)7-5(13)6(14)9(16)22-7/h7-8,13-15,19H,3-4H2,1-2H3/t7-,8+/m0/s1. The van der Waals surface area contributed by atoms with Crippen molar-refractivity contribution in [2.75, 3.05) is 13.2 Å². The van der Waals surface area contributed by atoms with Crippen LogP contribution in [0.3, 0.4) is 0 Å². The van der Waals surface area contributed by atoms with E-state index in [4.69, 9.17) is 5.11 Å². The molecule has 1 aliphatic heterocycles. The van der Waals surface area contributed by atoms with Crippen LogP contribution in [0.1, 0.15) is 13.8 Å². The largest absolute Gasteiger partial charge is 0.505 e. The number of hydrogen-bond donors (Lipinski definition) is 4. The number of carbonyl (C=O) groups is 3. The minimum absolute atomic E-state index is 0.231. The van der Waals surface area contributed by atoms with Crippen molar-refractivity contribution in [3.63, 3.8) is 0 Å². The van der Waals surface area contributed by atoms with Gasteiger partial charge in [-0.1, -0.05) is 0 Å². The van der Waals surface area contributed by atoms with E-state index in [0.717, 1.165) is 0 Å². The quantitative estimate of drug-likeness (QED) is 0.256. The molecule has 0 saturated carbocycles. The van der Waals surface area contributed by atoms with E-state index >= 15 is 0 Å². The number of ether oxygens (including phenoxy) is 3. The summed E-state index contributed by atoms with van der Waals surface area (Å²) in [7, 11) is 0. The molecule has 1 rings (SSSR count). The third-order valence-electron chi connectivity index (χ3n) is 2.83. The maximum absolute atomic E-state index is 11.8. The summed E-state index contributed by atoms with van der Waals surface area (Å²) in [5, 5.41) is 38.9. The van der Waals surface area contributed by atoms with Crippen LogP contribution in [0.15, 0.2) is 11.5 Å². The number of rotatable bonds is 6. The van der Waals surface area contributed by atoms with Gasteiger partial charge in [0.1, 0.15) is 6.10 Å². The molecular weight excluding hydrogens is 304 g/mol. The van der Waals surface area contributed by atoms with E-state index < -0.39 is 47.2 Å². The fraction of sp³-hybridized carbons (Fsp3) is 0.583. The van der Waals surface area contributed by atoms with E-state index in [9.17, 15) is 29.7 Å². The third-order valence-corrected chi connectivity index (χ3v) is 2.83. The SMILES string of the molecule is CCOC(=O)C(O)(C(=O)OCC)[C@H](O)[C@H]1OC(=O)C(O)=C1O. The predicted molar refractivity (Wildman–Crippen MR) is 66.4 cm³/mol. The topological polar surface area (TPSA) is 160 Å². The van der Waals surface area contributed by atoms with Gasteiger partial charge in [0, 0.05) is 0 Å². The number of hydrogen-bond acceptors (Lipinski definition) is 10. The van der Waals surface area contributed by atoms with E-state index in [1.807, 2.05) is 0 Å². The van der Waals surface area contributed by atoms with Crippen LogP contribution in [0.4, 0.5) is 0 Å². The third kappa shape index (κ3) is 2.83. The second-order valence-corrected chi connectivity index (χ2v) is 4.21. The van der Waals surface area contributed by atoms with Crippen LogP contribution in [0.5, 0.6) is 0 Å². The summed E-state index contributed by atoms with van der Waals surface area (Å²) in [4.78, 5) is 34.7. The molecule has 124 valence electrons. The summed E-state index contributed by atoms with van der Waals surface area (Å²) in [6.07, 6.45) is -4.49. The van der Waals surface area contributed by atoms with Crippen molar-refractivity contribution in [2.24, 2.45) is 0 Å². The van der Waals surface area contributed by atoms with Gasteiger partial charge in [-0.25, -0.2) is 14.4 Å². The van der Waals surface area contributed by atoms with Crippen molar-refractivity contribution >= 4 is 17.9 Å². The lowest BCUT2D eigenvalue weighted by Gasteiger charge is -2.30. The summed E-state index contributed by atoms with van der Waals surface area (Å²) in [5.41, 5.74) is -3.25. The molecule has 0 bridgehead atoms. The van der Waals surface area contributed by atoms with Crippen molar-refractivity contribution < 1.29 is 49.0 Å². The van der Waals surface area contributed by atoms with Crippen molar-refractivity contribution in [3.8, 4) is 0 Å². The average molecular weight is 320 g/mol. The zero-order chi connectivity index (χ0) is 17.1. The zero-order valence-corrected chi connectivity index (χ0v) is 11.8. The molecule has 22 heavy (non-hydrogen) atoms. The monoisotopic (exact) mass is 320 g/mol. The van der Waals surface area contributed by atoms with Crippen LogP contribution >= 0.6 is 0 Å². The lowest BCUT2D eigenvalue weighted by Crippen LogP contribution is -2.61. The highest BCUT2D eigenvalue weighted by molar-refractivity contribution is 6.04. The van der Waals surface area contributed by atoms with Crippen LogP contribution in [0.25, 0.3) is 0 Å². The first-order valence-electron chi connectivity index (χ1n) is 6.29. The number of esters is 3. The second kappa shape index (κ2) is 6.62. The van der Waals surface area contributed by atoms with Gasteiger partial charge in [0.15, 0.2) is 11.9 Å². The molecule has 4 N–H and O–H groups in total. The van der Waals surface area contributed by atoms with Crippen molar-refractivity contribution in [2.45, 2.75) is 31.7 Å². The van der Waals surface area contributed by atoms with Crippen molar-refractivity contribution in [1.82, 2.24) is 0 Å². The van der Waals surface area contributed by atoms with Crippen LogP contribution in [0.2, 0.25) is 0 Å². The molecule has 0 unspecified atom stereocenters. The van der Waals surface area contributed by atoms with Crippen molar-refractivity contribution in [3.05, 3.63) is 11.5 Å². The first-order valence-corrected chi connectivity index (χ1v) is 6.29. The minimum atomic E-state index is -3.25. The Balaban J connectivity index is 3.19. The molecule has 1 aliphatic rings. The van der Waals surface area contributed by atoms with Crippen LogP contribution in [0, 0.1) is 0 Å². The van der Waals surface area contributed by atoms with Gasteiger partial charge in [-0.15, -0.1) is 0 Å². The molecule has 0 aromatic heterocycles. The summed E-state index contributed by atoms with van der Waals surface area (Å²) < 4.78 is 13.4. The zero-order valence-electron chi connectivity index (χ0n) is 11.8. The molecule has 0 aromatic rings. The predicted octanol–water partition coefficient (Wildman–Crippen LogP) is -1.54. The molecule has 1 heterocycles. The Morgan fingerprint density at radius 2 is 1.68 bits per heavy atom. The number of aliphatic hydroxyl groups excluding tert-OH is 3. The molecule has 10 nitrogen and oxygen atoms in total. The average Bonchev–Trinajstić information content (AvgIpc) is 2.73. The molecule has 0 amide bonds. The van der Waals surface area contributed by atoms with Crippen LogP contribution in [-0.4, -0.2) is 69.4 Å². The van der Waals surface area contributed by atoms with E-state index in [-0.39, 0.29) is 13.2 Å². The molecule has 10 heteroatoms. The smallest absolute Gasteiger partial charge is 0.377 e. The Morgan fingerprint density at radius 3 is 2.00 bits per heavy atom. The summed E-state index contributed by atoms with van der Waals surface area (Å²) in [6.45, 7) is 2.30. The Hall–Kier alpha value is -2.33. The van der Waals surface area contributed by atoms with Crippen molar-refractivity contribution in [1.29, 1.82) is 0 Å². The van der Waals surface area contributed by atoms with Crippen LogP contribution in [-0.2, 0) is 28.6 Å². The van der Waals surface area contributed by atoms with E-state index in [0.29, 0.717) is 0 Å². The highest BCUT2D eigenvalue weighted by Crippen LogP contribution is 2.28. The molecule has 0 aromatic carbocycles. The maximum atomic E-state index is 11.8. The molecule has 0 fully saturated rings. The Labute approximate surface area is 124 Å². The Bertz CT molecular complexity index is 490. The molecular formula is C12H16O10. The normalized spacial score (nSPS) is 19.6. The Kier molecular flexibility index (Phi) is 5.33. The van der Waals surface area contributed by atoms with Gasteiger partial charge in [-0.05, 0) is 13.8 Å². The maximum Gasteiger partial charge on any atom is 0.377 e. The molecule has 0 aliphatic carbocycles. The van der Waals surface area contributed by atoms with Gasteiger partial charge >= 0.3 is 17.9 Å². The summed E-state index contributed by atoms with van der Waals surface area (Å²) >= 11 is 0. The summed E-state index contributed by atoms with van der Waals surface area (Å²) in [5.74, 6) is -6.85. The van der Waals surface area contributed by atoms with Gasteiger partial charge in [0.05, 0.1) is 13.2 Å². The van der Waals surface area contributed by atoms with Gasteiger partial charge in [-0.3, -0.25) is 0 Å². The van der Waals surface area contributed by atoms with Gasteiger partial charge in [0.2, 0.25) is 5.76 Å². The summed E-state index contributed by atoms with van der Waals surface area (Å²) in [6, 6.07) is 0. The lowest BCUT2D eigenvalue weighted by molar-refractivity contribution is -0.205.